The Morgan fingerprint density at radius 2 is 2.00 bits per heavy atom. The van der Waals surface area contributed by atoms with Crippen molar-refractivity contribution in [3.63, 3.8) is 0 Å². The van der Waals surface area contributed by atoms with E-state index in [0.717, 1.165) is 21.3 Å². The van der Waals surface area contributed by atoms with E-state index in [2.05, 4.69) is 35.0 Å². The van der Waals surface area contributed by atoms with Gasteiger partial charge < -0.3 is 9.64 Å². The van der Waals surface area contributed by atoms with Crippen molar-refractivity contribution in [2.75, 3.05) is 18.0 Å². The van der Waals surface area contributed by atoms with Gasteiger partial charge in [-0.1, -0.05) is 23.5 Å². The highest BCUT2D eigenvalue weighted by atomic mass is 32.1. The van der Waals surface area contributed by atoms with Crippen molar-refractivity contribution >= 4 is 44.0 Å². The minimum absolute atomic E-state index is 0.0765. The molecule has 5 nitrogen and oxygen atoms in total. The third-order valence-corrected chi connectivity index (χ3v) is 6.22. The number of nitrogens with zero attached hydrogens (tertiary/aromatic N) is 3. The van der Waals surface area contributed by atoms with Gasteiger partial charge in [0.25, 0.3) is 0 Å². The van der Waals surface area contributed by atoms with Crippen molar-refractivity contribution in [3.05, 3.63) is 39.3 Å². The predicted molar refractivity (Wildman–Crippen MR) is 97.4 cm³/mol. The molecule has 1 fully saturated rings. The van der Waals surface area contributed by atoms with Crippen LogP contribution in [0.3, 0.4) is 0 Å². The largest absolute Gasteiger partial charge is 0.454 e. The van der Waals surface area contributed by atoms with Gasteiger partial charge in [-0.25, -0.2) is 14.8 Å². The van der Waals surface area contributed by atoms with Crippen molar-refractivity contribution in [3.8, 4) is 0 Å². The van der Waals surface area contributed by atoms with E-state index in [-0.39, 0.29) is 12.1 Å². The van der Waals surface area contributed by atoms with Gasteiger partial charge in [0.05, 0.1) is 34.0 Å². The van der Waals surface area contributed by atoms with Crippen LogP contribution in [0.2, 0.25) is 0 Å². The SMILES string of the molecule is Cc1nc(C)c(C(=O)OC2CN(c3nc4c(C)cccc4s3)C2)s1. The first-order valence-electron chi connectivity index (χ1n) is 7.77. The van der Waals surface area contributed by atoms with E-state index in [1.807, 2.05) is 13.8 Å². The van der Waals surface area contributed by atoms with Crippen LogP contribution in [0.1, 0.15) is 25.9 Å². The molecular weight excluding hydrogens is 342 g/mol. The summed E-state index contributed by atoms with van der Waals surface area (Å²) in [7, 11) is 0. The predicted octanol–water partition coefficient (Wildman–Crippen LogP) is 3.72. The molecule has 1 saturated heterocycles. The number of benzene rings is 1. The van der Waals surface area contributed by atoms with Gasteiger partial charge in [0, 0.05) is 0 Å². The van der Waals surface area contributed by atoms with Gasteiger partial charge in [0.2, 0.25) is 0 Å². The molecule has 0 radical (unpaired) electrons. The number of esters is 1. The van der Waals surface area contributed by atoms with Gasteiger partial charge in [-0.3, -0.25) is 0 Å². The summed E-state index contributed by atoms with van der Waals surface area (Å²) in [5, 5.41) is 1.89. The Morgan fingerprint density at radius 3 is 2.67 bits per heavy atom. The summed E-state index contributed by atoms with van der Waals surface area (Å²) < 4.78 is 6.78. The van der Waals surface area contributed by atoms with E-state index in [4.69, 9.17) is 9.72 Å². The van der Waals surface area contributed by atoms with E-state index < -0.39 is 0 Å². The quantitative estimate of drug-likeness (QED) is 0.667. The average Bonchev–Trinajstić information content (AvgIpc) is 3.06. The fourth-order valence-electron chi connectivity index (χ4n) is 2.80. The number of anilines is 1. The van der Waals surface area contributed by atoms with Crippen LogP contribution < -0.4 is 4.90 Å². The number of hydrogen-bond donors (Lipinski definition) is 0. The molecule has 0 spiro atoms. The lowest BCUT2D eigenvalue weighted by Gasteiger charge is -2.38. The molecule has 1 aromatic carbocycles. The topological polar surface area (TPSA) is 55.3 Å². The zero-order valence-electron chi connectivity index (χ0n) is 13.7. The van der Waals surface area contributed by atoms with Crippen molar-refractivity contribution in [2.45, 2.75) is 26.9 Å². The van der Waals surface area contributed by atoms with Crippen LogP contribution in [0.25, 0.3) is 10.2 Å². The summed E-state index contributed by atoms with van der Waals surface area (Å²) >= 11 is 3.08. The maximum atomic E-state index is 12.2. The van der Waals surface area contributed by atoms with Crippen LogP contribution in [0, 0.1) is 20.8 Å². The molecule has 2 aromatic heterocycles. The zero-order chi connectivity index (χ0) is 16.8. The lowest BCUT2D eigenvalue weighted by Crippen LogP contribution is -2.53. The van der Waals surface area contributed by atoms with Gasteiger partial charge in [0.15, 0.2) is 5.13 Å². The lowest BCUT2D eigenvalue weighted by molar-refractivity contribution is 0.0239. The van der Waals surface area contributed by atoms with Crippen molar-refractivity contribution in [1.29, 1.82) is 0 Å². The number of thiazole rings is 2. The van der Waals surface area contributed by atoms with Crippen LogP contribution in [-0.2, 0) is 4.74 Å². The molecular formula is C17H17N3O2S2. The van der Waals surface area contributed by atoms with Crippen LogP contribution >= 0.6 is 22.7 Å². The molecule has 0 aliphatic carbocycles. The normalized spacial score (nSPS) is 14.9. The Bertz CT molecular complexity index is 925. The highest BCUT2D eigenvalue weighted by molar-refractivity contribution is 7.22. The van der Waals surface area contributed by atoms with Gasteiger partial charge in [-0.05, 0) is 32.4 Å². The molecule has 1 aliphatic rings. The number of aryl methyl sites for hydroxylation is 3. The number of carbonyl (C=O) groups excluding carboxylic acids is 1. The summed E-state index contributed by atoms with van der Waals surface area (Å²) in [6.07, 6.45) is -0.0765. The van der Waals surface area contributed by atoms with Gasteiger partial charge in [0.1, 0.15) is 11.0 Å². The maximum absolute atomic E-state index is 12.2. The number of fused-ring (bicyclic) bond motifs is 1. The fourth-order valence-corrected chi connectivity index (χ4v) is 4.67. The minimum Gasteiger partial charge on any atom is -0.454 e. The number of para-hydroxylation sites is 1. The molecule has 3 aromatic rings. The third kappa shape index (κ3) is 2.67. The lowest BCUT2D eigenvalue weighted by atomic mass is 10.2. The number of rotatable bonds is 3. The van der Waals surface area contributed by atoms with Gasteiger partial charge in [-0.2, -0.15) is 0 Å². The van der Waals surface area contributed by atoms with E-state index in [0.29, 0.717) is 18.0 Å². The van der Waals surface area contributed by atoms with Crippen LogP contribution in [0.15, 0.2) is 18.2 Å². The molecule has 4 rings (SSSR count). The molecule has 0 N–H and O–H groups in total. The highest BCUT2D eigenvalue weighted by Crippen LogP contribution is 2.33. The Balaban J connectivity index is 1.41. The van der Waals surface area contributed by atoms with Gasteiger partial charge >= 0.3 is 5.97 Å². The standard InChI is InChI=1S/C17H17N3O2S2/c1-9-5-4-6-13-14(9)19-17(24-13)20-7-12(8-20)22-16(21)15-10(2)18-11(3)23-15/h4-6,12H,7-8H2,1-3H3. The van der Waals surface area contributed by atoms with E-state index in [9.17, 15) is 4.79 Å². The van der Waals surface area contributed by atoms with Crippen molar-refractivity contribution < 1.29 is 9.53 Å². The summed E-state index contributed by atoms with van der Waals surface area (Å²) in [5.74, 6) is -0.261. The first-order chi connectivity index (χ1) is 11.5. The van der Waals surface area contributed by atoms with Crippen LogP contribution in [0.4, 0.5) is 5.13 Å². The number of aromatic nitrogens is 2. The molecule has 24 heavy (non-hydrogen) atoms. The summed E-state index contributed by atoms with van der Waals surface area (Å²) in [6, 6.07) is 6.22. The Labute approximate surface area is 147 Å². The maximum Gasteiger partial charge on any atom is 0.350 e. The number of ether oxygens (including phenoxy) is 1. The minimum atomic E-state index is -0.261. The molecule has 0 amide bonds. The van der Waals surface area contributed by atoms with E-state index >= 15 is 0 Å². The first kappa shape index (κ1) is 15.5. The molecule has 0 bridgehead atoms. The van der Waals surface area contributed by atoms with Crippen LogP contribution in [-0.4, -0.2) is 35.1 Å². The smallest absolute Gasteiger partial charge is 0.350 e. The average molecular weight is 359 g/mol. The Morgan fingerprint density at radius 1 is 1.21 bits per heavy atom. The van der Waals surface area contributed by atoms with Gasteiger partial charge in [-0.15, -0.1) is 11.3 Å². The fraction of sp³-hybridized carbons (Fsp3) is 0.353. The second-order valence-electron chi connectivity index (χ2n) is 6.00. The van der Waals surface area contributed by atoms with Crippen molar-refractivity contribution in [1.82, 2.24) is 9.97 Å². The molecule has 0 atom stereocenters. The third-order valence-electron chi connectivity index (χ3n) is 4.09. The molecule has 7 heteroatoms. The monoisotopic (exact) mass is 359 g/mol. The highest BCUT2D eigenvalue weighted by Gasteiger charge is 2.33. The van der Waals surface area contributed by atoms with Crippen molar-refractivity contribution in [2.24, 2.45) is 0 Å². The second kappa shape index (κ2) is 5.82. The summed E-state index contributed by atoms with van der Waals surface area (Å²) in [5.41, 5.74) is 3.00. The number of carbonyl (C=O) groups is 1. The second-order valence-corrected chi connectivity index (χ2v) is 8.21. The number of hydrogen-bond acceptors (Lipinski definition) is 7. The zero-order valence-corrected chi connectivity index (χ0v) is 15.3. The Kier molecular flexibility index (Phi) is 3.77. The first-order valence-corrected chi connectivity index (χ1v) is 9.40. The van der Waals surface area contributed by atoms with E-state index in [1.54, 1.807) is 11.3 Å². The molecule has 1 aliphatic heterocycles. The summed E-state index contributed by atoms with van der Waals surface area (Å²) in [4.78, 5) is 24.0. The molecule has 0 saturated carbocycles. The molecule has 124 valence electrons. The molecule has 3 heterocycles. The molecule has 0 unspecified atom stereocenters. The van der Waals surface area contributed by atoms with E-state index in [1.165, 1.54) is 21.6 Å². The van der Waals surface area contributed by atoms with Crippen LogP contribution in [0.5, 0.6) is 0 Å². The summed E-state index contributed by atoms with van der Waals surface area (Å²) in [6.45, 7) is 7.21. The Hall–Kier alpha value is -1.99.